The normalized spacial score (nSPS) is 10.3. The summed E-state index contributed by atoms with van der Waals surface area (Å²) in [5.41, 5.74) is 9.10. The van der Waals surface area contributed by atoms with Gasteiger partial charge in [0.25, 0.3) is 0 Å². The highest BCUT2D eigenvalue weighted by Gasteiger charge is 2.01. The highest BCUT2D eigenvalue weighted by Crippen LogP contribution is 2.12. The fourth-order valence-electron chi connectivity index (χ4n) is 1.93. The minimum atomic E-state index is -0.197. The molecule has 0 aliphatic rings. The van der Waals surface area contributed by atoms with Gasteiger partial charge in [0.15, 0.2) is 0 Å². The van der Waals surface area contributed by atoms with E-state index in [0.29, 0.717) is 10.7 Å². The molecule has 1 aromatic heterocycles. The molecule has 0 bridgehead atoms. The molecule has 2 aromatic rings. The number of pyridine rings is 1. The van der Waals surface area contributed by atoms with Crippen LogP contribution in [0.5, 0.6) is 0 Å². The highest BCUT2D eigenvalue weighted by atomic mass is 32.1. The first-order chi connectivity index (χ1) is 9.56. The number of hydrogen-bond acceptors (Lipinski definition) is 3. The summed E-state index contributed by atoms with van der Waals surface area (Å²) >= 11 is 4.85. The third-order valence-corrected chi connectivity index (χ3v) is 3.25. The van der Waals surface area contributed by atoms with Crippen molar-refractivity contribution in [2.24, 2.45) is 5.73 Å². The van der Waals surface area contributed by atoms with Crippen LogP contribution in [-0.4, -0.2) is 16.5 Å². The lowest BCUT2D eigenvalue weighted by Crippen LogP contribution is -2.12. The second-order valence-electron chi connectivity index (χ2n) is 4.54. The number of hydrogen-bond donors (Lipinski definition) is 2. The van der Waals surface area contributed by atoms with Crippen molar-refractivity contribution in [1.29, 1.82) is 0 Å². The molecule has 0 fully saturated rings. The zero-order valence-corrected chi connectivity index (χ0v) is 12.0. The summed E-state index contributed by atoms with van der Waals surface area (Å²) in [4.78, 5) is 4.44. The van der Waals surface area contributed by atoms with Crippen LogP contribution in [0.15, 0.2) is 36.5 Å². The summed E-state index contributed by atoms with van der Waals surface area (Å²) in [5.74, 6) is -0.197. The predicted molar refractivity (Wildman–Crippen MR) is 83.5 cm³/mol. The van der Waals surface area contributed by atoms with Crippen molar-refractivity contribution in [3.8, 4) is 0 Å². The van der Waals surface area contributed by atoms with E-state index in [4.69, 9.17) is 18.0 Å². The van der Waals surface area contributed by atoms with Gasteiger partial charge in [0, 0.05) is 6.54 Å². The maximum absolute atomic E-state index is 13.0. The van der Waals surface area contributed by atoms with E-state index in [1.54, 1.807) is 18.3 Å². The van der Waals surface area contributed by atoms with Gasteiger partial charge in [-0.25, -0.2) is 4.39 Å². The SMILES string of the molecule is Cc1cc(F)ccc1CCNc1ccc(C(N)=S)nc1. The maximum atomic E-state index is 13.0. The average Bonchev–Trinajstić information content (AvgIpc) is 2.42. The van der Waals surface area contributed by atoms with E-state index >= 15 is 0 Å². The van der Waals surface area contributed by atoms with Crippen LogP contribution in [0.2, 0.25) is 0 Å². The van der Waals surface area contributed by atoms with Crippen LogP contribution in [-0.2, 0) is 6.42 Å². The van der Waals surface area contributed by atoms with Gasteiger partial charge in [0.05, 0.1) is 17.6 Å². The first-order valence-corrected chi connectivity index (χ1v) is 6.72. The molecular weight excluding hydrogens is 273 g/mol. The molecule has 0 aliphatic carbocycles. The van der Waals surface area contributed by atoms with Crippen molar-refractivity contribution in [1.82, 2.24) is 4.98 Å². The Hall–Kier alpha value is -2.01. The Morgan fingerprint density at radius 1 is 1.35 bits per heavy atom. The highest BCUT2D eigenvalue weighted by molar-refractivity contribution is 7.80. The van der Waals surface area contributed by atoms with Crippen molar-refractivity contribution in [2.45, 2.75) is 13.3 Å². The van der Waals surface area contributed by atoms with Gasteiger partial charge in [-0.1, -0.05) is 18.3 Å². The molecule has 0 atom stereocenters. The summed E-state index contributed by atoms with van der Waals surface area (Å²) in [6.07, 6.45) is 2.52. The second kappa shape index (κ2) is 6.43. The summed E-state index contributed by atoms with van der Waals surface area (Å²) in [6, 6.07) is 8.53. The van der Waals surface area contributed by atoms with Crippen molar-refractivity contribution in [2.75, 3.05) is 11.9 Å². The van der Waals surface area contributed by atoms with E-state index in [0.717, 1.165) is 29.8 Å². The molecule has 20 heavy (non-hydrogen) atoms. The smallest absolute Gasteiger partial charge is 0.123 e. The topological polar surface area (TPSA) is 50.9 Å². The Bertz CT molecular complexity index is 611. The number of aromatic nitrogens is 1. The molecule has 0 unspecified atom stereocenters. The van der Waals surface area contributed by atoms with Crippen molar-refractivity contribution in [3.63, 3.8) is 0 Å². The number of thiocarbonyl (C=S) groups is 1. The van der Waals surface area contributed by atoms with E-state index in [9.17, 15) is 4.39 Å². The van der Waals surface area contributed by atoms with Crippen molar-refractivity contribution in [3.05, 3.63) is 59.2 Å². The Kier molecular flexibility index (Phi) is 4.63. The van der Waals surface area contributed by atoms with Crippen LogP contribution >= 0.6 is 12.2 Å². The number of benzene rings is 1. The molecule has 2 rings (SSSR count). The summed E-state index contributed by atoms with van der Waals surface area (Å²) in [6.45, 7) is 2.66. The molecular formula is C15H16FN3S. The molecule has 0 aliphatic heterocycles. The molecule has 1 heterocycles. The number of aryl methyl sites for hydroxylation is 1. The van der Waals surface area contributed by atoms with Crippen LogP contribution in [0.1, 0.15) is 16.8 Å². The fraction of sp³-hybridized carbons (Fsp3) is 0.200. The number of nitrogens with two attached hydrogens (primary N) is 1. The summed E-state index contributed by atoms with van der Waals surface area (Å²) in [7, 11) is 0. The lowest BCUT2D eigenvalue weighted by Gasteiger charge is -2.09. The van der Waals surface area contributed by atoms with Crippen LogP contribution in [0.4, 0.5) is 10.1 Å². The Morgan fingerprint density at radius 3 is 2.75 bits per heavy atom. The summed E-state index contributed by atoms with van der Waals surface area (Å²) < 4.78 is 13.0. The van der Waals surface area contributed by atoms with E-state index in [-0.39, 0.29) is 5.82 Å². The third kappa shape index (κ3) is 3.74. The van der Waals surface area contributed by atoms with E-state index < -0.39 is 0 Å². The van der Waals surface area contributed by atoms with Gasteiger partial charge in [-0.15, -0.1) is 0 Å². The Balaban J connectivity index is 1.91. The van der Waals surface area contributed by atoms with Gasteiger partial charge < -0.3 is 11.1 Å². The van der Waals surface area contributed by atoms with E-state index in [1.165, 1.54) is 6.07 Å². The molecule has 0 saturated heterocycles. The average molecular weight is 289 g/mol. The van der Waals surface area contributed by atoms with Gasteiger partial charge >= 0.3 is 0 Å². The molecule has 0 radical (unpaired) electrons. The van der Waals surface area contributed by atoms with Crippen molar-refractivity contribution >= 4 is 22.9 Å². The van der Waals surface area contributed by atoms with E-state index in [2.05, 4.69) is 10.3 Å². The maximum Gasteiger partial charge on any atom is 0.123 e. The Morgan fingerprint density at radius 2 is 2.15 bits per heavy atom. The molecule has 1 aromatic carbocycles. The number of rotatable bonds is 5. The minimum Gasteiger partial charge on any atom is -0.388 e. The number of nitrogens with zero attached hydrogens (tertiary/aromatic N) is 1. The quantitative estimate of drug-likeness (QED) is 0.831. The first kappa shape index (κ1) is 14.4. The molecule has 5 heteroatoms. The minimum absolute atomic E-state index is 0.197. The van der Waals surface area contributed by atoms with Crippen LogP contribution < -0.4 is 11.1 Å². The molecule has 0 amide bonds. The predicted octanol–water partition coefficient (Wildman–Crippen LogP) is 2.82. The molecule has 104 valence electrons. The van der Waals surface area contributed by atoms with Gasteiger partial charge in [-0.2, -0.15) is 0 Å². The lowest BCUT2D eigenvalue weighted by molar-refractivity contribution is 0.625. The zero-order valence-electron chi connectivity index (χ0n) is 11.2. The lowest BCUT2D eigenvalue weighted by atomic mass is 10.1. The number of halogens is 1. The Labute approximate surface area is 123 Å². The van der Waals surface area contributed by atoms with E-state index in [1.807, 2.05) is 19.1 Å². The van der Waals surface area contributed by atoms with Crippen LogP contribution in [0.3, 0.4) is 0 Å². The molecule has 0 saturated carbocycles. The number of nitrogens with one attached hydrogen (secondary N) is 1. The monoisotopic (exact) mass is 289 g/mol. The third-order valence-electron chi connectivity index (χ3n) is 3.04. The molecule has 0 spiro atoms. The van der Waals surface area contributed by atoms with Crippen LogP contribution in [0, 0.1) is 12.7 Å². The summed E-state index contributed by atoms with van der Waals surface area (Å²) in [5, 5.41) is 3.26. The van der Waals surface area contributed by atoms with Crippen molar-refractivity contribution < 1.29 is 4.39 Å². The second-order valence-corrected chi connectivity index (χ2v) is 4.98. The van der Waals surface area contributed by atoms with Crippen LogP contribution in [0.25, 0.3) is 0 Å². The standard InChI is InChI=1S/C15H16FN3S/c1-10-8-12(16)3-2-11(10)6-7-18-13-4-5-14(15(17)20)19-9-13/h2-5,8-9,18H,6-7H2,1H3,(H2,17,20). The molecule has 3 nitrogen and oxygen atoms in total. The van der Waals surface area contributed by atoms with Gasteiger partial charge in [0.2, 0.25) is 0 Å². The first-order valence-electron chi connectivity index (χ1n) is 6.31. The van der Waals surface area contributed by atoms with Gasteiger partial charge in [-0.3, -0.25) is 4.98 Å². The van der Waals surface area contributed by atoms with Gasteiger partial charge in [0.1, 0.15) is 10.8 Å². The fourth-order valence-corrected chi connectivity index (χ4v) is 2.05. The largest absolute Gasteiger partial charge is 0.388 e. The molecule has 3 N–H and O–H groups in total. The van der Waals surface area contributed by atoms with Gasteiger partial charge in [-0.05, 0) is 48.7 Å². The zero-order chi connectivity index (χ0) is 14.5. The number of anilines is 1.